The molecule has 6 nitrogen and oxygen atoms in total. The second-order valence-corrected chi connectivity index (χ2v) is 10.0. The van der Waals surface area contributed by atoms with Crippen LogP contribution in [0.4, 0.5) is 0 Å². The molecule has 0 bridgehead atoms. The van der Waals surface area contributed by atoms with Crippen molar-refractivity contribution in [2.75, 3.05) is 0 Å². The van der Waals surface area contributed by atoms with Gasteiger partial charge < -0.3 is 4.42 Å². The predicted octanol–water partition coefficient (Wildman–Crippen LogP) is 4.87. The third-order valence-corrected chi connectivity index (χ3v) is 7.84. The maximum atomic E-state index is 13.3. The van der Waals surface area contributed by atoms with Gasteiger partial charge in [0.05, 0.1) is 17.6 Å². The Hall–Kier alpha value is -2.45. The fourth-order valence-electron chi connectivity index (χ4n) is 4.11. The molecule has 0 spiro atoms. The van der Waals surface area contributed by atoms with Gasteiger partial charge in [0.1, 0.15) is 4.83 Å². The molecule has 5 rings (SSSR count). The first-order chi connectivity index (χ1) is 15.1. The number of nitrogens with zero attached hydrogens (tertiary/aromatic N) is 4. The first-order valence-electron chi connectivity index (χ1n) is 10.7. The lowest BCUT2D eigenvalue weighted by atomic mass is 9.89. The molecule has 0 aliphatic heterocycles. The number of aromatic nitrogens is 4. The molecule has 3 aromatic heterocycles. The third-order valence-electron chi connectivity index (χ3n) is 5.73. The Kier molecular flexibility index (Phi) is 5.67. The van der Waals surface area contributed by atoms with Crippen molar-refractivity contribution in [3.05, 3.63) is 68.5 Å². The molecule has 3 heterocycles. The lowest BCUT2D eigenvalue weighted by Gasteiger charge is -2.17. The van der Waals surface area contributed by atoms with Gasteiger partial charge in [0.25, 0.3) is 5.56 Å². The maximum absolute atomic E-state index is 13.3. The van der Waals surface area contributed by atoms with Crippen LogP contribution in [-0.4, -0.2) is 19.7 Å². The number of hydrogen-bond donors (Lipinski definition) is 0. The minimum absolute atomic E-state index is 0.0809. The van der Waals surface area contributed by atoms with Crippen LogP contribution in [-0.2, 0) is 31.6 Å². The van der Waals surface area contributed by atoms with Crippen molar-refractivity contribution >= 4 is 33.3 Å². The zero-order chi connectivity index (χ0) is 21.4. The van der Waals surface area contributed by atoms with Crippen molar-refractivity contribution in [3.63, 3.8) is 0 Å². The van der Waals surface area contributed by atoms with Crippen LogP contribution in [0.25, 0.3) is 10.2 Å². The summed E-state index contributed by atoms with van der Waals surface area (Å²) in [7, 11) is 0. The second kappa shape index (κ2) is 8.59. The Morgan fingerprint density at radius 3 is 2.84 bits per heavy atom. The van der Waals surface area contributed by atoms with Gasteiger partial charge in [0.15, 0.2) is 5.16 Å². The average molecular weight is 453 g/mol. The van der Waals surface area contributed by atoms with Gasteiger partial charge in [-0.25, -0.2) is 4.98 Å². The van der Waals surface area contributed by atoms with E-state index in [4.69, 9.17) is 9.40 Å². The van der Waals surface area contributed by atoms with Crippen molar-refractivity contribution in [1.29, 1.82) is 0 Å². The monoisotopic (exact) mass is 452 g/mol. The van der Waals surface area contributed by atoms with Crippen molar-refractivity contribution in [2.24, 2.45) is 5.92 Å². The van der Waals surface area contributed by atoms with E-state index >= 15 is 0 Å². The Bertz CT molecular complexity index is 1280. The van der Waals surface area contributed by atoms with Crippen molar-refractivity contribution in [3.8, 4) is 0 Å². The fraction of sp³-hybridized carbons (Fsp3) is 0.391. The van der Waals surface area contributed by atoms with Crippen LogP contribution in [0.1, 0.15) is 48.1 Å². The topological polar surface area (TPSA) is 73.8 Å². The Morgan fingerprint density at radius 2 is 2.03 bits per heavy atom. The van der Waals surface area contributed by atoms with E-state index in [1.165, 1.54) is 22.2 Å². The summed E-state index contributed by atoms with van der Waals surface area (Å²) in [5.74, 6) is 2.30. The van der Waals surface area contributed by atoms with Gasteiger partial charge in [-0.2, -0.15) is 0 Å². The predicted molar refractivity (Wildman–Crippen MR) is 124 cm³/mol. The van der Waals surface area contributed by atoms with E-state index in [1.807, 2.05) is 37.3 Å². The highest BCUT2D eigenvalue weighted by Gasteiger charge is 2.24. The van der Waals surface area contributed by atoms with Gasteiger partial charge in [-0.3, -0.25) is 9.36 Å². The highest BCUT2D eigenvalue weighted by Crippen LogP contribution is 2.36. The van der Waals surface area contributed by atoms with Gasteiger partial charge in [-0.15, -0.1) is 21.5 Å². The molecule has 0 saturated heterocycles. The van der Waals surface area contributed by atoms with Crippen LogP contribution in [0.5, 0.6) is 0 Å². The molecule has 1 aliphatic carbocycles. The Morgan fingerprint density at radius 1 is 1.23 bits per heavy atom. The average Bonchev–Trinajstić information content (AvgIpc) is 3.36. The number of fused-ring (bicyclic) bond motifs is 3. The molecule has 0 N–H and O–H groups in total. The van der Waals surface area contributed by atoms with Crippen molar-refractivity contribution < 1.29 is 4.42 Å². The fourth-order valence-corrected chi connectivity index (χ4v) is 6.43. The second-order valence-electron chi connectivity index (χ2n) is 8.02. The van der Waals surface area contributed by atoms with E-state index in [0.717, 1.165) is 40.2 Å². The molecule has 4 aromatic rings. The molecule has 1 unspecified atom stereocenters. The van der Waals surface area contributed by atoms with Crippen LogP contribution in [0.3, 0.4) is 0 Å². The van der Waals surface area contributed by atoms with Gasteiger partial charge in [-0.05, 0) is 43.2 Å². The summed E-state index contributed by atoms with van der Waals surface area (Å²) in [6.45, 7) is 4.86. The highest BCUT2D eigenvalue weighted by molar-refractivity contribution is 7.98. The number of hydrogen-bond acceptors (Lipinski definition) is 7. The Balaban J connectivity index is 1.39. The summed E-state index contributed by atoms with van der Waals surface area (Å²) in [4.78, 5) is 20.4. The summed E-state index contributed by atoms with van der Waals surface area (Å²) < 4.78 is 7.60. The van der Waals surface area contributed by atoms with Crippen LogP contribution >= 0.6 is 23.1 Å². The first kappa shape index (κ1) is 20.5. The zero-order valence-corrected chi connectivity index (χ0v) is 19.3. The normalized spacial score (nSPS) is 16.0. The van der Waals surface area contributed by atoms with Crippen LogP contribution in [0.15, 0.2) is 44.7 Å². The standard InChI is InChI=1S/C23H24N4O2S2/c1-3-27-22(28)20-16-10-9-14(2)11-17(16)31-21(20)24-23(27)30-13-19-26-25-18(29-19)12-15-7-5-4-6-8-15/h4-8,14H,3,9-13H2,1-2H3. The number of benzene rings is 1. The first-order valence-corrected chi connectivity index (χ1v) is 12.5. The van der Waals surface area contributed by atoms with E-state index < -0.39 is 0 Å². The molecule has 1 atom stereocenters. The summed E-state index contributed by atoms with van der Waals surface area (Å²) >= 11 is 3.17. The number of aryl methyl sites for hydroxylation is 1. The quantitative estimate of drug-likeness (QED) is 0.307. The summed E-state index contributed by atoms with van der Waals surface area (Å²) in [5, 5.41) is 9.90. The van der Waals surface area contributed by atoms with Gasteiger partial charge in [-0.1, -0.05) is 49.0 Å². The molecule has 31 heavy (non-hydrogen) atoms. The molecular formula is C23H24N4O2S2. The molecule has 0 amide bonds. The number of rotatable bonds is 6. The lowest BCUT2D eigenvalue weighted by molar-refractivity contribution is 0.473. The van der Waals surface area contributed by atoms with E-state index in [2.05, 4.69) is 17.1 Å². The third kappa shape index (κ3) is 4.06. The molecule has 8 heteroatoms. The molecule has 160 valence electrons. The van der Waals surface area contributed by atoms with Crippen LogP contribution in [0, 0.1) is 5.92 Å². The highest BCUT2D eigenvalue weighted by atomic mass is 32.2. The zero-order valence-electron chi connectivity index (χ0n) is 17.6. The molecule has 1 aliphatic rings. The minimum atomic E-state index is 0.0809. The lowest BCUT2D eigenvalue weighted by Crippen LogP contribution is -2.23. The smallest absolute Gasteiger partial charge is 0.263 e. The van der Waals surface area contributed by atoms with Gasteiger partial charge >= 0.3 is 0 Å². The largest absolute Gasteiger partial charge is 0.424 e. The van der Waals surface area contributed by atoms with E-state index in [1.54, 1.807) is 15.9 Å². The molecular weight excluding hydrogens is 428 g/mol. The molecule has 1 aromatic carbocycles. The van der Waals surface area contributed by atoms with Crippen LogP contribution in [0.2, 0.25) is 0 Å². The number of thioether (sulfide) groups is 1. The minimum Gasteiger partial charge on any atom is -0.424 e. The van der Waals surface area contributed by atoms with Crippen molar-refractivity contribution in [1.82, 2.24) is 19.7 Å². The van der Waals surface area contributed by atoms with E-state index in [0.29, 0.717) is 36.4 Å². The van der Waals surface area contributed by atoms with Crippen molar-refractivity contribution in [2.45, 2.75) is 57.0 Å². The SMILES string of the molecule is CCn1c(SCc2nnc(Cc3ccccc3)o2)nc2sc3c(c2c1=O)CCC(C)C3. The summed E-state index contributed by atoms with van der Waals surface area (Å²) in [6, 6.07) is 10.1. The van der Waals surface area contributed by atoms with E-state index in [-0.39, 0.29) is 5.56 Å². The van der Waals surface area contributed by atoms with Gasteiger partial charge in [0.2, 0.25) is 11.8 Å². The molecule has 0 radical (unpaired) electrons. The molecule has 0 saturated carbocycles. The summed E-state index contributed by atoms with van der Waals surface area (Å²) in [6.07, 6.45) is 3.79. The summed E-state index contributed by atoms with van der Waals surface area (Å²) in [5.41, 5.74) is 2.45. The van der Waals surface area contributed by atoms with Gasteiger partial charge in [0, 0.05) is 11.4 Å². The van der Waals surface area contributed by atoms with E-state index in [9.17, 15) is 4.79 Å². The molecule has 0 fully saturated rings. The van der Waals surface area contributed by atoms with Crippen LogP contribution < -0.4 is 5.56 Å². The number of thiophene rings is 1. The maximum Gasteiger partial charge on any atom is 0.263 e. The Labute approximate surface area is 188 Å².